The van der Waals surface area contributed by atoms with Gasteiger partial charge in [0.25, 0.3) is 0 Å². The molecule has 2 nitrogen and oxygen atoms in total. The Balaban J connectivity index is 2.50. The van der Waals surface area contributed by atoms with Crippen LogP contribution in [0.1, 0.15) is 4.88 Å². The number of nitrogens with zero attached hydrogens (tertiary/aromatic N) is 2. The van der Waals surface area contributed by atoms with Crippen molar-refractivity contribution in [3.8, 4) is 16.0 Å². The van der Waals surface area contributed by atoms with E-state index in [1.807, 2.05) is 17.5 Å². The van der Waals surface area contributed by atoms with E-state index in [0.717, 1.165) is 9.88 Å². The highest BCUT2D eigenvalue weighted by atomic mass is 79.9. The van der Waals surface area contributed by atoms with E-state index in [2.05, 4.69) is 27.0 Å². The molecule has 0 radical (unpaired) electrons. The predicted molar refractivity (Wildman–Crippen MR) is 57.8 cm³/mol. The molecule has 2 rings (SSSR count). The van der Waals surface area contributed by atoms with Crippen molar-refractivity contribution in [2.24, 2.45) is 0 Å². The molecular formula is C8H3BrN2S2. The van der Waals surface area contributed by atoms with Gasteiger partial charge in [-0.3, -0.25) is 0 Å². The van der Waals surface area contributed by atoms with Crippen molar-refractivity contribution in [1.29, 1.82) is 5.26 Å². The second kappa shape index (κ2) is 3.58. The summed E-state index contributed by atoms with van der Waals surface area (Å²) in [6.07, 6.45) is 0. The molecule has 0 N–H and O–H groups in total. The van der Waals surface area contributed by atoms with Crippen molar-refractivity contribution in [3.05, 3.63) is 27.0 Å². The van der Waals surface area contributed by atoms with Gasteiger partial charge in [0.2, 0.25) is 0 Å². The molecule has 2 aromatic heterocycles. The lowest BCUT2D eigenvalue weighted by Crippen LogP contribution is -1.68. The summed E-state index contributed by atoms with van der Waals surface area (Å²) in [5.74, 6) is 0. The summed E-state index contributed by atoms with van der Waals surface area (Å²) < 4.78 is 0.642. The van der Waals surface area contributed by atoms with Gasteiger partial charge in [-0.1, -0.05) is 6.07 Å². The maximum absolute atomic E-state index is 8.72. The Kier molecular flexibility index (Phi) is 2.44. The molecule has 0 aromatic carbocycles. The normalized spacial score (nSPS) is 9.85. The molecule has 0 bridgehead atoms. The average molecular weight is 271 g/mol. The predicted octanol–water partition coefficient (Wildman–Crippen LogP) is 3.51. The minimum absolute atomic E-state index is 0.628. The molecule has 2 aromatic rings. The SMILES string of the molecule is N#Cc1sc(-c2cccs2)nc1Br. The minimum atomic E-state index is 0.628. The zero-order chi connectivity index (χ0) is 9.26. The van der Waals surface area contributed by atoms with Crippen LogP contribution in [0.5, 0.6) is 0 Å². The van der Waals surface area contributed by atoms with Crippen LogP contribution >= 0.6 is 38.6 Å². The number of nitriles is 1. The first-order chi connectivity index (χ1) is 6.31. The number of halogens is 1. The van der Waals surface area contributed by atoms with Crippen molar-refractivity contribution >= 4 is 38.6 Å². The summed E-state index contributed by atoms with van der Waals surface area (Å²) in [6.45, 7) is 0. The summed E-state index contributed by atoms with van der Waals surface area (Å²) in [7, 11) is 0. The first-order valence-corrected chi connectivity index (χ1v) is 5.90. The van der Waals surface area contributed by atoms with Gasteiger partial charge in [0, 0.05) is 0 Å². The molecule has 0 amide bonds. The van der Waals surface area contributed by atoms with Gasteiger partial charge < -0.3 is 0 Å². The van der Waals surface area contributed by atoms with Gasteiger partial charge in [0.05, 0.1) is 4.88 Å². The van der Waals surface area contributed by atoms with E-state index >= 15 is 0 Å². The highest BCUT2D eigenvalue weighted by molar-refractivity contribution is 9.10. The van der Waals surface area contributed by atoms with Gasteiger partial charge in [0.1, 0.15) is 20.6 Å². The van der Waals surface area contributed by atoms with Gasteiger partial charge in [0.15, 0.2) is 0 Å². The molecule has 0 unspecified atom stereocenters. The van der Waals surface area contributed by atoms with Crippen molar-refractivity contribution < 1.29 is 0 Å². The molecule has 5 heteroatoms. The van der Waals surface area contributed by atoms with Crippen LogP contribution in [0.25, 0.3) is 9.88 Å². The largest absolute Gasteiger partial charge is 0.227 e. The van der Waals surface area contributed by atoms with Crippen LogP contribution < -0.4 is 0 Å². The number of hydrogen-bond donors (Lipinski definition) is 0. The number of thiophene rings is 1. The quantitative estimate of drug-likeness (QED) is 0.795. The Hall–Kier alpha value is -0.700. The third kappa shape index (κ3) is 1.66. The molecule has 0 fully saturated rings. The Bertz CT molecular complexity index is 453. The van der Waals surface area contributed by atoms with Crippen molar-refractivity contribution in [2.75, 3.05) is 0 Å². The third-order valence-electron chi connectivity index (χ3n) is 1.42. The fourth-order valence-electron chi connectivity index (χ4n) is 0.876. The molecule has 0 aliphatic heterocycles. The molecule has 0 saturated carbocycles. The molecule has 64 valence electrons. The van der Waals surface area contributed by atoms with Crippen LogP contribution in [0.4, 0.5) is 0 Å². The Morgan fingerprint density at radius 2 is 2.38 bits per heavy atom. The summed E-state index contributed by atoms with van der Waals surface area (Å²) in [6, 6.07) is 6.06. The van der Waals surface area contributed by atoms with Crippen LogP contribution in [0.15, 0.2) is 22.1 Å². The fourth-order valence-corrected chi connectivity index (χ4v) is 3.05. The molecule has 0 saturated heterocycles. The fraction of sp³-hybridized carbons (Fsp3) is 0. The van der Waals surface area contributed by atoms with Gasteiger partial charge in [-0.25, -0.2) is 4.98 Å². The Labute approximate surface area is 91.6 Å². The maximum atomic E-state index is 8.72. The number of thiazole rings is 1. The number of rotatable bonds is 1. The van der Waals surface area contributed by atoms with Gasteiger partial charge in [-0.2, -0.15) is 5.26 Å². The van der Waals surface area contributed by atoms with Gasteiger partial charge in [-0.05, 0) is 27.4 Å². The number of hydrogen-bond acceptors (Lipinski definition) is 4. The van der Waals surface area contributed by atoms with Crippen LogP contribution in [-0.2, 0) is 0 Å². The summed E-state index contributed by atoms with van der Waals surface area (Å²) in [4.78, 5) is 5.98. The third-order valence-corrected chi connectivity index (χ3v) is 4.25. The minimum Gasteiger partial charge on any atom is -0.227 e. The van der Waals surface area contributed by atoms with E-state index in [9.17, 15) is 0 Å². The highest BCUT2D eigenvalue weighted by Crippen LogP contribution is 2.32. The molecular weight excluding hydrogens is 268 g/mol. The van der Waals surface area contributed by atoms with E-state index in [1.54, 1.807) is 11.3 Å². The van der Waals surface area contributed by atoms with Crippen LogP contribution in [0.2, 0.25) is 0 Å². The molecule has 0 atom stereocenters. The van der Waals surface area contributed by atoms with E-state index in [1.165, 1.54) is 11.3 Å². The van der Waals surface area contributed by atoms with Crippen molar-refractivity contribution in [2.45, 2.75) is 0 Å². The van der Waals surface area contributed by atoms with Gasteiger partial charge >= 0.3 is 0 Å². The van der Waals surface area contributed by atoms with E-state index in [-0.39, 0.29) is 0 Å². The van der Waals surface area contributed by atoms with Crippen LogP contribution in [-0.4, -0.2) is 4.98 Å². The second-order valence-electron chi connectivity index (χ2n) is 2.23. The second-order valence-corrected chi connectivity index (χ2v) is 4.93. The van der Waals surface area contributed by atoms with Crippen LogP contribution in [0.3, 0.4) is 0 Å². The van der Waals surface area contributed by atoms with Crippen LogP contribution in [0, 0.1) is 11.3 Å². The molecule has 0 spiro atoms. The first-order valence-electron chi connectivity index (χ1n) is 3.41. The van der Waals surface area contributed by atoms with Crippen molar-refractivity contribution in [1.82, 2.24) is 4.98 Å². The Morgan fingerprint density at radius 3 is 2.92 bits per heavy atom. The smallest absolute Gasteiger partial charge is 0.139 e. The molecule has 0 aliphatic rings. The summed E-state index contributed by atoms with van der Waals surface area (Å²) >= 11 is 6.28. The lowest BCUT2D eigenvalue weighted by Gasteiger charge is -1.84. The standard InChI is InChI=1S/C8H3BrN2S2/c9-7-6(4-10)13-8(11-7)5-2-1-3-12-5/h1-3H. The molecule has 13 heavy (non-hydrogen) atoms. The average Bonchev–Trinajstić information content (AvgIpc) is 2.71. The van der Waals surface area contributed by atoms with E-state index in [4.69, 9.17) is 5.26 Å². The number of aromatic nitrogens is 1. The Morgan fingerprint density at radius 1 is 1.54 bits per heavy atom. The van der Waals surface area contributed by atoms with Crippen molar-refractivity contribution in [3.63, 3.8) is 0 Å². The first kappa shape index (κ1) is 8.88. The molecule has 0 aliphatic carbocycles. The van der Waals surface area contributed by atoms with E-state index < -0.39 is 0 Å². The summed E-state index contributed by atoms with van der Waals surface area (Å²) in [5.41, 5.74) is 0. The zero-order valence-electron chi connectivity index (χ0n) is 6.32. The topological polar surface area (TPSA) is 36.7 Å². The lowest BCUT2D eigenvalue weighted by molar-refractivity contribution is 1.35. The van der Waals surface area contributed by atoms with Gasteiger partial charge in [-0.15, -0.1) is 22.7 Å². The zero-order valence-corrected chi connectivity index (χ0v) is 9.54. The lowest BCUT2D eigenvalue weighted by atomic mass is 10.5. The monoisotopic (exact) mass is 270 g/mol. The summed E-state index contributed by atoms with van der Waals surface area (Å²) in [5, 5.41) is 11.6. The maximum Gasteiger partial charge on any atom is 0.139 e. The molecule has 2 heterocycles. The van der Waals surface area contributed by atoms with E-state index in [0.29, 0.717) is 9.48 Å². The highest BCUT2D eigenvalue weighted by Gasteiger charge is 2.09.